The largest absolute Gasteiger partial charge is 0.508 e. The van der Waals surface area contributed by atoms with Crippen LogP contribution in [0.15, 0.2) is 36.4 Å². The Hall–Kier alpha value is -3.96. The van der Waals surface area contributed by atoms with Crippen LogP contribution in [0.1, 0.15) is 82.0 Å². The van der Waals surface area contributed by atoms with Gasteiger partial charge in [0.15, 0.2) is 5.82 Å². The van der Waals surface area contributed by atoms with Crippen LogP contribution in [-0.4, -0.2) is 91.5 Å². The molecule has 1 aliphatic rings. The summed E-state index contributed by atoms with van der Waals surface area (Å²) in [6.07, 6.45) is 1.19. The van der Waals surface area contributed by atoms with Crippen molar-refractivity contribution in [1.82, 2.24) is 29.9 Å². The number of rotatable bonds is 12. The molecule has 1 fully saturated rings. The number of amides is 2. The molecule has 11 nitrogen and oxygen atoms in total. The van der Waals surface area contributed by atoms with Crippen molar-refractivity contribution in [3.05, 3.63) is 53.3 Å². The second-order valence-corrected chi connectivity index (χ2v) is 12.1. The maximum absolute atomic E-state index is 12.9. The van der Waals surface area contributed by atoms with Gasteiger partial charge in [-0.1, -0.05) is 26.0 Å². The molecule has 1 aromatic heterocycles. The van der Waals surface area contributed by atoms with Crippen molar-refractivity contribution in [1.29, 1.82) is 0 Å². The van der Waals surface area contributed by atoms with Crippen LogP contribution in [0.25, 0.3) is 17.1 Å². The van der Waals surface area contributed by atoms with Crippen molar-refractivity contribution >= 4 is 11.8 Å². The fourth-order valence-electron chi connectivity index (χ4n) is 5.52. The second-order valence-electron chi connectivity index (χ2n) is 12.1. The van der Waals surface area contributed by atoms with Crippen LogP contribution in [0.3, 0.4) is 0 Å². The number of aromatic hydroxyl groups is 2. The molecule has 0 aliphatic carbocycles. The zero-order valence-corrected chi connectivity index (χ0v) is 26.8. The number of hydrogen-bond acceptors (Lipinski definition) is 8. The molecule has 2 amide bonds. The van der Waals surface area contributed by atoms with E-state index in [2.05, 4.69) is 20.4 Å². The second kappa shape index (κ2) is 14.2. The van der Waals surface area contributed by atoms with Crippen LogP contribution in [0.5, 0.6) is 11.5 Å². The number of piperazine rings is 1. The Morgan fingerprint density at radius 2 is 1.68 bits per heavy atom. The highest BCUT2D eigenvalue weighted by Gasteiger charge is 2.26. The number of nitrogens with zero attached hydrogens (tertiary/aromatic N) is 5. The van der Waals surface area contributed by atoms with Crippen LogP contribution in [0.4, 0.5) is 0 Å². The molecule has 238 valence electrons. The highest BCUT2D eigenvalue weighted by molar-refractivity contribution is 5.92. The van der Waals surface area contributed by atoms with Gasteiger partial charge in [-0.2, -0.15) is 0 Å². The smallest absolute Gasteiger partial charge is 0.289 e. The van der Waals surface area contributed by atoms with Crippen LogP contribution in [0.2, 0.25) is 0 Å². The molecular formula is C33H46N6O5. The summed E-state index contributed by atoms with van der Waals surface area (Å²) in [4.78, 5) is 30.0. The first kappa shape index (κ1) is 32.9. The number of carbonyl (C=O) groups is 2. The first-order chi connectivity index (χ1) is 20.9. The number of aromatic nitrogens is 3. The summed E-state index contributed by atoms with van der Waals surface area (Å²) in [6, 6.07) is 10.8. The third-order valence-electron chi connectivity index (χ3n) is 8.01. The van der Waals surface area contributed by atoms with E-state index in [4.69, 9.17) is 4.74 Å². The Morgan fingerprint density at radius 3 is 2.30 bits per heavy atom. The lowest BCUT2D eigenvalue weighted by Gasteiger charge is -2.35. The van der Waals surface area contributed by atoms with Gasteiger partial charge in [-0.05, 0) is 69.4 Å². The first-order valence-electron chi connectivity index (χ1n) is 15.5. The Balaban J connectivity index is 1.49. The van der Waals surface area contributed by atoms with E-state index in [-0.39, 0.29) is 40.7 Å². The van der Waals surface area contributed by atoms with Crippen molar-refractivity contribution < 1.29 is 24.5 Å². The monoisotopic (exact) mass is 606 g/mol. The van der Waals surface area contributed by atoms with Crippen molar-refractivity contribution in [2.75, 3.05) is 39.3 Å². The number of hydrogen-bond donors (Lipinski definition) is 3. The average molecular weight is 607 g/mol. The molecule has 44 heavy (non-hydrogen) atoms. The van der Waals surface area contributed by atoms with Crippen molar-refractivity contribution in [2.24, 2.45) is 0 Å². The molecule has 3 aromatic rings. The van der Waals surface area contributed by atoms with Crippen molar-refractivity contribution in [3.63, 3.8) is 0 Å². The van der Waals surface area contributed by atoms with Gasteiger partial charge in [-0.25, -0.2) is 0 Å². The SMILES string of the molecule is CCNC(=O)c1nnc(-c2cc(C(C)C)c(O)cc2O)n1-c1ccc(CN2CCN(C(=O)CCC(C)(C)OCC)CC2)cc1. The number of benzene rings is 2. The van der Waals surface area contributed by atoms with E-state index in [9.17, 15) is 19.8 Å². The molecule has 0 atom stereocenters. The summed E-state index contributed by atoms with van der Waals surface area (Å²) < 4.78 is 7.36. The maximum Gasteiger partial charge on any atom is 0.289 e. The molecule has 2 heterocycles. The standard InChI is InChI=1S/C33H46N6O5/c1-7-34-32(43)31-36-35-30(26-19-25(22(3)4)27(40)20-28(26)41)39(31)24-11-9-23(10-12-24)21-37-15-17-38(18-16-37)29(42)13-14-33(5,6)44-8-2/h9-12,19-20,22,40-41H,7-8,13-18,21H2,1-6H3,(H,34,43). The lowest BCUT2D eigenvalue weighted by molar-refractivity contribution is -0.134. The van der Waals surface area contributed by atoms with Crippen molar-refractivity contribution in [3.8, 4) is 28.6 Å². The normalized spacial score (nSPS) is 14.3. The van der Waals surface area contributed by atoms with Gasteiger partial charge in [0.1, 0.15) is 11.5 Å². The molecule has 0 saturated carbocycles. The average Bonchev–Trinajstić information content (AvgIpc) is 3.42. The Labute approximate surface area is 259 Å². The zero-order valence-electron chi connectivity index (χ0n) is 26.8. The third-order valence-corrected chi connectivity index (χ3v) is 8.01. The molecule has 3 N–H and O–H groups in total. The van der Waals surface area contributed by atoms with Gasteiger partial charge in [0, 0.05) is 64.0 Å². The lowest BCUT2D eigenvalue weighted by atomic mass is 9.98. The summed E-state index contributed by atoms with van der Waals surface area (Å²) in [5.74, 6) is 0.0237. The molecule has 0 radical (unpaired) electrons. The number of phenolic OH excluding ortho intramolecular Hbond substituents is 2. The van der Waals surface area contributed by atoms with Gasteiger partial charge < -0.3 is 25.2 Å². The third kappa shape index (κ3) is 7.75. The lowest BCUT2D eigenvalue weighted by Crippen LogP contribution is -2.48. The molecule has 4 rings (SSSR count). The Bertz CT molecular complexity index is 1440. The topological polar surface area (TPSA) is 133 Å². The number of carbonyl (C=O) groups excluding carboxylic acids is 2. The molecule has 2 aromatic carbocycles. The van der Waals surface area contributed by atoms with Crippen molar-refractivity contribution in [2.45, 2.75) is 72.4 Å². The number of phenols is 2. The number of nitrogens with one attached hydrogen (secondary N) is 1. The Morgan fingerprint density at radius 1 is 1.00 bits per heavy atom. The molecule has 0 unspecified atom stereocenters. The predicted octanol–water partition coefficient (Wildman–Crippen LogP) is 4.46. The quantitative estimate of drug-likeness (QED) is 0.275. The molecule has 0 spiro atoms. The minimum atomic E-state index is -0.383. The van der Waals surface area contributed by atoms with Gasteiger partial charge in [0.05, 0.1) is 11.2 Å². The van der Waals surface area contributed by atoms with E-state index in [1.165, 1.54) is 6.07 Å². The van der Waals surface area contributed by atoms with E-state index >= 15 is 0 Å². The summed E-state index contributed by atoms with van der Waals surface area (Å²) in [7, 11) is 0. The highest BCUT2D eigenvalue weighted by atomic mass is 16.5. The van der Waals surface area contributed by atoms with E-state index in [0.29, 0.717) is 61.7 Å². The summed E-state index contributed by atoms with van der Waals surface area (Å²) in [5, 5.41) is 32.4. The Kier molecular flexibility index (Phi) is 10.6. The molecule has 0 bridgehead atoms. The van der Waals surface area contributed by atoms with Gasteiger partial charge >= 0.3 is 0 Å². The van der Waals surface area contributed by atoms with E-state index in [0.717, 1.165) is 25.2 Å². The fraction of sp³-hybridized carbons (Fsp3) is 0.515. The van der Waals surface area contributed by atoms with E-state index in [1.54, 1.807) is 10.6 Å². The van der Waals surface area contributed by atoms with Gasteiger partial charge in [0.2, 0.25) is 11.7 Å². The zero-order chi connectivity index (χ0) is 32.0. The summed E-state index contributed by atoms with van der Waals surface area (Å²) >= 11 is 0. The maximum atomic E-state index is 12.9. The van der Waals surface area contributed by atoms with Crippen LogP contribution in [0, 0.1) is 0 Å². The van der Waals surface area contributed by atoms with Crippen LogP contribution >= 0.6 is 0 Å². The fourth-order valence-corrected chi connectivity index (χ4v) is 5.52. The van der Waals surface area contributed by atoms with E-state index in [1.807, 2.05) is 70.7 Å². The highest BCUT2D eigenvalue weighted by Crippen LogP contribution is 2.38. The molecule has 11 heteroatoms. The summed E-state index contributed by atoms with van der Waals surface area (Å²) in [5.41, 5.74) is 2.48. The van der Waals surface area contributed by atoms with Gasteiger partial charge in [-0.15, -0.1) is 10.2 Å². The number of ether oxygens (including phenoxy) is 1. The minimum Gasteiger partial charge on any atom is -0.508 e. The minimum absolute atomic E-state index is 0.000366. The summed E-state index contributed by atoms with van der Waals surface area (Å²) in [6.45, 7) is 16.5. The molecule has 1 aliphatic heterocycles. The molecule has 1 saturated heterocycles. The first-order valence-corrected chi connectivity index (χ1v) is 15.5. The van der Waals surface area contributed by atoms with E-state index < -0.39 is 0 Å². The van der Waals surface area contributed by atoms with Crippen LogP contribution in [-0.2, 0) is 16.1 Å². The van der Waals surface area contributed by atoms with Gasteiger partial charge in [-0.3, -0.25) is 19.1 Å². The van der Waals surface area contributed by atoms with Gasteiger partial charge in [0.25, 0.3) is 5.91 Å². The molecular weight excluding hydrogens is 560 g/mol. The predicted molar refractivity (Wildman–Crippen MR) is 169 cm³/mol. The van der Waals surface area contributed by atoms with Crippen LogP contribution < -0.4 is 5.32 Å².